The van der Waals surface area contributed by atoms with Crippen LogP contribution in [0.1, 0.15) is 24.8 Å². The molecule has 1 aromatic rings. The van der Waals surface area contributed by atoms with Crippen molar-refractivity contribution in [1.29, 1.82) is 10.5 Å². The normalized spacial score (nSPS) is 15.6. The van der Waals surface area contributed by atoms with Gasteiger partial charge in [0.05, 0.1) is 31.0 Å². The number of hydrogen-bond donors (Lipinski definition) is 1. The Morgan fingerprint density at radius 1 is 1.35 bits per heavy atom. The van der Waals surface area contributed by atoms with Gasteiger partial charge in [-0.15, -0.1) is 0 Å². The minimum absolute atomic E-state index is 0.452. The van der Waals surface area contributed by atoms with Crippen LogP contribution in [0, 0.1) is 22.7 Å². The number of methoxy groups -OCH3 is 1. The van der Waals surface area contributed by atoms with E-state index in [0.29, 0.717) is 24.5 Å². The predicted molar refractivity (Wildman–Crippen MR) is 74.3 cm³/mol. The lowest BCUT2D eigenvalue weighted by atomic mass is 9.81. The highest BCUT2D eigenvalue weighted by atomic mass is 16.5. The van der Waals surface area contributed by atoms with Gasteiger partial charge in [0, 0.05) is 6.54 Å². The monoisotopic (exact) mass is 271 g/mol. The molecule has 0 bridgehead atoms. The standard InChI is InChI=1S/C15H17N3O2/c1-19-14-12(10-16)4-2-5-13(14)18-8-9-20-15(11-17)6-3-7-15/h2,4-5,18H,3,6-9H2,1H3. The fourth-order valence-electron chi connectivity index (χ4n) is 2.20. The predicted octanol–water partition coefficient (Wildman–Crippen LogP) is 2.44. The van der Waals surface area contributed by atoms with Crippen LogP contribution in [-0.2, 0) is 4.74 Å². The van der Waals surface area contributed by atoms with Crippen LogP contribution in [0.5, 0.6) is 5.75 Å². The second-order valence-corrected chi connectivity index (χ2v) is 4.73. The largest absolute Gasteiger partial charge is 0.493 e. The van der Waals surface area contributed by atoms with Crippen molar-refractivity contribution >= 4 is 5.69 Å². The molecular weight excluding hydrogens is 254 g/mol. The number of rotatable bonds is 6. The molecule has 5 nitrogen and oxygen atoms in total. The minimum Gasteiger partial charge on any atom is -0.493 e. The molecule has 1 saturated carbocycles. The molecule has 0 unspecified atom stereocenters. The van der Waals surface area contributed by atoms with Gasteiger partial charge in [-0.1, -0.05) is 6.07 Å². The van der Waals surface area contributed by atoms with Crippen LogP contribution in [0.3, 0.4) is 0 Å². The van der Waals surface area contributed by atoms with Gasteiger partial charge in [-0.05, 0) is 31.4 Å². The SMILES string of the molecule is COc1c(C#N)cccc1NCCOC1(C#N)CCC1. The van der Waals surface area contributed by atoms with Crippen LogP contribution in [0.2, 0.25) is 0 Å². The summed E-state index contributed by atoms with van der Waals surface area (Å²) in [6.07, 6.45) is 2.69. The van der Waals surface area contributed by atoms with Gasteiger partial charge in [-0.3, -0.25) is 0 Å². The van der Waals surface area contributed by atoms with Crippen molar-refractivity contribution in [1.82, 2.24) is 0 Å². The van der Waals surface area contributed by atoms with Crippen LogP contribution >= 0.6 is 0 Å². The zero-order valence-corrected chi connectivity index (χ0v) is 11.5. The Bertz CT molecular complexity index is 553. The van der Waals surface area contributed by atoms with Crippen LogP contribution in [0.25, 0.3) is 0 Å². The molecule has 0 heterocycles. The molecule has 0 spiro atoms. The highest BCUT2D eigenvalue weighted by Gasteiger charge is 2.38. The highest BCUT2D eigenvalue weighted by Crippen LogP contribution is 2.34. The Balaban J connectivity index is 1.89. The third kappa shape index (κ3) is 2.84. The summed E-state index contributed by atoms with van der Waals surface area (Å²) in [6.45, 7) is 1.02. The van der Waals surface area contributed by atoms with Gasteiger partial charge in [-0.25, -0.2) is 0 Å². The molecule has 0 amide bonds. The molecule has 0 atom stereocenters. The zero-order chi connectivity index (χ0) is 14.4. The van der Waals surface area contributed by atoms with Gasteiger partial charge in [0.1, 0.15) is 6.07 Å². The van der Waals surface area contributed by atoms with E-state index in [-0.39, 0.29) is 0 Å². The molecule has 20 heavy (non-hydrogen) atoms. The summed E-state index contributed by atoms with van der Waals surface area (Å²) < 4.78 is 10.9. The minimum atomic E-state index is -0.569. The van der Waals surface area contributed by atoms with Crippen molar-refractivity contribution in [2.75, 3.05) is 25.6 Å². The summed E-state index contributed by atoms with van der Waals surface area (Å²) in [5.74, 6) is 0.536. The average molecular weight is 271 g/mol. The van der Waals surface area contributed by atoms with Crippen molar-refractivity contribution in [2.45, 2.75) is 24.9 Å². The highest BCUT2D eigenvalue weighted by molar-refractivity contribution is 5.63. The van der Waals surface area contributed by atoms with Crippen molar-refractivity contribution in [2.24, 2.45) is 0 Å². The molecule has 1 fully saturated rings. The molecular formula is C15H17N3O2. The third-order valence-electron chi connectivity index (χ3n) is 3.50. The lowest BCUT2D eigenvalue weighted by Crippen LogP contribution is -2.39. The second kappa shape index (κ2) is 6.27. The topological polar surface area (TPSA) is 78.1 Å². The maximum atomic E-state index is 9.05. The van der Waals surface area contributed by atoms with E-state index in [1.165, 1.54) is 7.11 Å². The van der Waals surface area contributed by atoms with Crippen LogP contribution in [-0.4, -0.2) is 25.9 Å². The molecule has 1 N–H and O–H groups in total. The molecule has 5 heteroatoms. The van der Waals surface area contributed by atoms with Crippen LogP contribution < -0.4 is 10.1 Å². The van der Waals surface area contributed by atoms with Crippen molar-refractivity contribution in [3.05, 3.63) is 23.8 Å². The smallest absolute Gasteiger partial charge is 0.159 e. The first-order valence-electron chi connectivity index (χ1n) is 6.61. The lowest BCUT2D eigenvalue weighted by Gasteiger charge is -2.34. The summed E-state index contributed by atoms with van der Waals surface area (Å²) >= 11 is 0. The van der Waals surface area contributed by atoms with E-state index in [9.17, 15) is 0 Å². The molecule has 1 aromatic carbocycles. The second-order valence-electron chi connectivity index (χ2n) is 4.73. The van der Waals surface area contributed by atoms with Crippen LogP contribution in [0.15, 0.2) is 18.2 Å². The number of nitrogens with zero attached hydrogens (tertiary/aromatic N) is 2. The fraction of sp³-hybridized carbons (Fsp3) is 0.467. The number of ether oxygens (including phenoxy) is 2. The Morgan fingerprint density at radius 2 is 2.15 bits per heavy atom. The lowest BCUT2D eigenvalue weighted by molar-refractivity contribution is -0.0512. The summed E-state index contributed by atoms with van der Waals surface area (Å²) in [6, 6.07) is 9.68. The van der Waals surface area contributed by atoms with E-state index < -0.39 is 5.60 Å². The molecule has 104 valence electrons. The maximum Gasteiger partial charge on any atom is 0.159 e. The average Bonchev–Trinajstić information content (AvgIpc) is 2.45. The zero-order valence-electron chi connectivity index (χ0n) is 11.5. The van der Waals surface area contributed by atoms with E-state index in [4.69, 9.17) is 20.0 Å². The van der Waals surface area contributed by atoms with Crippen molar-refractivity contribution < 1.29 is 9.47 Å². The molecule has 0 saturated heterocycles. The van der Waals surface area contributed by atoms with Crippen LogP contribution in [0.4, 0.5) is 5.69 Å². The maximum absolute atomic E-state index is 9.05. The molecule has 0 aromatic heterocycles. The number of nitriles is 2. The Morgan fingerprint density at radius 3 is 2.70 bits per heavy atom. The summed E-state index contributed by atoms with van der Waals surface area (Å²) in [5, 5.41) is 21.2. The third-order valence-corrected chi connectivity index (χ3v) is 3.50. The Hall–Kier alpha value is -2.24. The van der Waals surface area contributed by atoms with Crippen molar-refractivity contribution in [3.63, 3.8) is 0 Å². The van der Waals surface area contributed by atoms with Gasteiger partial charge >= 0.3 is 0 Å². The Labute approximate surface area is 118 Å². The molecule has 1 aliphatic carbocycles. The molecule has 2 rings (SSSR count). The molecule has 1 aliphatic rings. The van der Waals surface area contributed by atoms with Gasteiger partial charge in [0.25, 0.3) is 0 Å². The Kier molecular flexibility index (Phi) is 4.45. The summed E-state index contributed by atoms with van der Waals surface area (Å²) in [7, 11) is 1.54. The summed E-state index contributed by atoms with van der Waals surface area (Å²) in [4.78, 5) is 0. The number of nitrogens with one attached hydrogen (secondary N) is 1. The summed E-state index contributed by atoms with van der Waals surface area (Å²) in [5.41, 5.74) is 0.681. The quantitative estimate of drug-likeness (QED) is 0.804. The van der Waals surface area contributed by atoms with Gasteiger partial charge in [-0.2, -0.15) is 10.5 Å². The van der Waals surface area contributed by atoms with E-state index in [1.54, 1.807) is 12.1 Å². The van der Waals surface area contributed by atoms with E-state index in [0.717, 1.165) is 24.9 Å². The number of benzene rings is 1. The first kappa shape index (κ1) is 14.2. The van der Waals surface area contributed by atoms with Gasteiger partial charge in [0.15, 0.2) is 11.4 Å². The number of anilines is 1. The van der Waals surface area contributed by atoms with Gasteiger partial charge in [0.2, 0.25) is 0 Å². The first-order chi connectivity index (χ1) is 9.74. The number of hydrogen-bond acceptors (Lipinski definition) is 5. The molecule has 0 radical (unpaired) electrons. The first-order valence-corrected chi connectivity index (χ1v) is 6.61. The van der Waals surface area contributed by atoms with E-state index in [1.807, 2.05) is 6.07 Å². The molecule has 0 aliphatic heterocycles. The van der Waals surface area contributed by atoms with E-state index >= 15 is 0 Å². The van der Waals surface area contributed by atoms with Crippen molar-refractivity contribution in [3.8, 4) is 17.9 Å². The van der Waals surface area contributed by atoms with Gasteiger partial charge < -0.3 is 14.8 Å². The number of para-hydroxylation sites is 1. The fourth-order valence-corrected chi connectivity index (χ4v) is 2.20. The van der Waals surface area contributed by atoms with E-state index in [2.05, 4.69) is 17.5 Å².